The first kappa shape index (κ1) is 9.00. The van der Waals surface area contributed by atoms with Gasteiger partial charge < -0.3 is 9.38 Å². The van der Waals surface area contributed by atoms with Gasteiger partial charge in [-0.25, -0.2) is 0 Å². The number of amides is 1. The van der Waals surface area contributed by atoms with Crippen LogP contribution in [0.15, 0.2) is 0 Å². The van der Waals surface area contributed by atoms with Crippen molar-refractivity contribution in [2.75, 3.05) is 27.2 Å². The van der Waals surface area contributed by atoms with Crippen molar-refractivity contribution in [2.45, 2.75) is 31.8 Å². The van der Waals surface area contributed by atoms with Gasteiger partial charge in [0.05, 0.1) is 26.7 Å². The lowest BCUT2D eigenvalue weighted by Crippen LogP contribution is -2.47. The molecule has 1 amide bonds. The van der Waals surface area contributed by atoms with Crippen LogP contribution in [0.2, 0.25) is 0 Å². The first-order chi connectivity index (χ1) is 6.02. The van der Waals surface area contributed by atoms with E-state index >= 15 is 0 Å². The minimum atomic E-state index is 0.259. The summed E-state index contributed by atoms with van der Waals surface area (Å²) >= 11 is 0. The molecule has 0 aromatic carbocycles. The number of likely N-dealkylation sites (tertiary alicyclic amines) is 2. The SMILES string of the molecule is CC(=O)N1CCC2C1CC[N+]2(C)C. The second-order valence-corrected chi connectivity index (χ2v) is 4.93. The second kappa shape index (κ2) is 2.71. The molecule has 2 atom stereocenters. The van der Waals surface area contributed by atoms with Crippen molar-refractivity contribution < 1.29 is 9.28 Å². The van der Waals surface area contributed by atoms with Crippen molar-refractivity contribution in [3.63, 3.8) is 0 Å². The molecular formula is C10H19N2O+. The zero-order chi connectivity index (χ0) is 9.64. The van der Waals surface area contributed by atoms with Gasteiger partial charge in [0.2, 0.25) is 5.91 Å². The molecule has 0 aromatic heterocycles. The Balaban J connectivity index is 2.16. The summed E-state index contributed by atoms with van der Waals surface area (Å²) in [7, 11) is 4.57. The van der Waals surface area contributed by atoms with E-state index in [1.165, 1.54) is 19.4 Å². The maximum Gasteiger partial charge on any atom is 0.219 e. The van der Waals surface area contributed by atoms with Crippen LogP contribution in [0.1, 0.15) is 19.8 Å². The fraction of sp³-hybridized carbons (Fsp3) is 0.900. The van der Waals surface area contributed by atoms with Crippen LogP contribution in [0, 0.1) is 0 Å². The Kier molecular flexibility index (Phi) is 1.88. The van der Waals surface area contributed by atoms with Crippen LogP contribution in [0.5, 0.6) is 0 Å². The first-order valence-corrected chi connectivity index (χ1v) is 5.12. The van der Waals surface area contributed by atoms with E-state index in [0.717, 1.165) is 11.0 Å². The fourth-order valence-electron chi connectivity index (χ4n) is 3.02. The monoisotopic (exact) mass is 183 g/mol. The molecule has 2 heterocycles. The van der Waals surface area contributed by atoms with Crippen LogP contribution in [-0.2, 0) is 4.79 Å². The van der Waals surface area contributed by atoms with Gasteiger partial charge >= 0.3 is 0 Å². The molecule has 3 heteroatoms. The summed E-state index contributed by atoms with van der Waals surface area (Å²) in [4.78, 5) is 13.4. The molecule has 3 nitrogen and oxygen atoms in total. The van der Waals surface area contributed by atoms with Crippen molar-refractivity contribution >= 4 is 5.91 Å². The largest absolute Gasteiger partial charge is 0.334 e. The van der Waals surface area contributed by atoms with Crippen molar-refractivity contribution in [1.29, 1.82) is 0 Å². The van der Waals surface area contributed by atoms with Crippen LogP contribution in [0.25, 0.3) is 0 Å². The summed E-state index contributed by atoms with van der Waals surface area (Å²) in [6.45, 7) is 3.90. The third-order valence-electron chi connectivity index (χ3n) is 3.81. The average molecular weight is 183 g/mol. The number of nitrogens with zero attached hydrogens (tertiary/aromatic N) is 2. The quantitative estimate of drug-likeness (QED) is 0.499. The molecule has 0 bridgehead atoms. The summed E-state index contributed by atoms with van der Waals surface area (Å²) in [6.07, 6.45) is 2.38. The van der Waals surface area contributed by atoms with Crippen LogP contribution < -0.4 is 0 Å². The molecule has 2 unspecified atom stereocenters. The minimum Gasteiger partial charge on any atom is -0.334 e. The van der Waals surface area contributed by atoms with Crippen LogP contribution in [0.3, 0.4) is 0 Å². The smallest absolute Gasteiger partial charge is 0.219 e. The molecule has 0 saturated carbocycles. The van der Waals surface area contributed by atoms with Gasteiger partial charge in [-0.05, 0) is 0 Å². The number of rotatable bonds is 0. The summed E-state index contributed by atoms with van der Waals surface area (Å²) in [6, 6.07) is 1.23. The molecule has 0 spiro atoms. The maximum absolute atomic E-state index is 11.3. The Hall–Kier alpha value is -0.570. The Labute approximate surface area is 79.9 Å². The number of carbonyl (C=O) groups is 1. The molecule has 74 valence electrons. The molecule has 2 aliphatic heterocycles. The zero-order valence-electron chi connectivity index (χ0n) is 8.79. The highest BCUT2D eigenvalue weighted by Gasteiger charge is 2.49. The Bertz CT molecular complexity index is 237. The average Bonchev–Trinajstić information content (AvgIpc) is 2.52. The number of quaternary nitrogens is 1. The number of hydrogen-bond donors (Lipinski definition) is 0. The third kappa shape index (κ3) is 1.26. The van der Waals surface area contributed by atoms with Gasteiger partial charge in [-0.15, -0.1) is 0 Å². The van der Waals surface area contributed by atoms with Crippen LogP contribution >= 0.6 is 0 Å². The van der Waals surface area contributed by atoms with Crippen molar-refractivity contribution in [2.24, 2.45) is 0 Å². The Morgan fingerprint density at radius 1 is 1.38 bits per heavy atom. The predicted octanol–water partition coefficient (Wildman–Crippen LogP) is 0.456. The van der Waals surface area contributed by atoms with Gasteiger partial charge in [0, 0.05) is 26.3 Å². The van der Waals surface area contributed by atoms with E-state index in [1.54, 1.807) is 6.92 Å². The van der Waals surface area contributed by atoms with Gasteiger partial charge in [0.15, 0.2) is 0 Å². The molecular weight excluding hydrogens is 164 g/mol. The number of fused-ring (bicyclic) bond motifs is 1. The Morgan fingerprint density at radius 3 is 2.69 bits per heavy atom. The molecule has 2 fully saturated rings. The van der Waals surface area contributed by atoms with Gasteiger partial charge in [-0.2, -0.15) is 0 Å². The highest BCUT2D eigenvalue weighted by atomic mass is 16.2. The summed E-state index contributed by atoms with van der Waals surface area (Å²) < 4.78 is 1.11. The zero-order valence-corrected chi connectivity index (χ0v) is 8.79. The summed E-state index contributed by atoms with van der Waals surface area (Å²) in [5.41, 5.74) is 0. The molecule has 13 heavy (non-hydrogen) atoms. The molecule has 0 aliphatic carbocycles. The highest BCUT2D eigenvalue weighted by molar-refractivity contribution is 5.74. The van der Waals surface area contributed by atoms with E-state index in [-0.39, 0.29) is 5.91 Å². The molecule has 0 radical (unpaired) electrons. The normalized spacial score (nSPS) is 36.4. The Morgan fingerprint density at radius 2 is 2.08 bits per heavy atom. The maximum atomic E-state index is 11.3. The number of carbonyl (C=O) groups excluding carboxylic acids is 1. The standard InChI is InChI=1S/C10H19N2O/c1-8(13)11-6-4-10-9(11)5-7-12(10,2)3/h9-10H,4-7H2,1-3H3/q+1. The van der Waals surface area contributed by atoms with Crippen molar-refractivity contribution in [3.8, 4) is 0 Å². The topological polar surface area (TPSA) is 20.3 Å². The van der Waals surface area contributed by atoms with Crippen molar-refractivity contribution in [1.82, 2.24) is 4.90 Å². The molecule has 2 saturated heterocycles. The molecule has 0 aromatic rings. The van der Waals surface area contributed by atoms with Crippen molar-refractivity contribution in [3.05, 3.63) is 0 Å². The van der Waals surface area contributed by atoms with E-state index in [4.69, 9.17) is 0 Å². The predicted molar refractivity (Wildman–Crippen MR) is 51.2 cm³/mol. The highest BCUT2D eigenvalue weighted by Crippen LogP contribution is 2.34. The van der Waals surface area contributed by atoms with E-state index in [2.05, 4.69) is 19.0 Å². The number of hydrogen-bond acceptors (Lipinski definition) is 1. The lowest BCUT2D eigenvalue weighted by Gasteiger charge is -2.30. The van der Waals surface area contributed by atoms with E-state index in [1.807, 2.05) is 0 Å². The van der Waals surface area contributed by atoms with E-state index in [0.29, 0.717) is 12.1 Å². The first-order valence-electron chi connectivity index (χ1n) is 5.12. The van der Waals surface area contributed by atoms with Crippen LogP contribution in [-0.4, -0.2) is 54.6 Å². The number of likely N-dealkylation sites (N-methyl/N-ethyl adjacent to an activating group) is 1. The fourth-order valence-corrected chi connectivity index (χ4v) is 3.02. The lowest BCUT2D eigenvalue weighted by molar-refractivity contribution is -0.901. The van der Waals surface area contributed by atoms with E-state index in [9.17, 15) is 4.79 Å². The minimum absolute atomic E-state index is 0.259. The van der Waals surface area contributed by atoms with Crippen LogP contribution in [0.4, 0.5) is 0 Å². The lowest BCUT2D eigenvalue weighted by atomic mass is 10.1. The van der Waals surface area contributed by atoms with Gasteiger partial charge in [-0.1, -0.05) is 0 Å². The summed E-state index contributed by atoms with van der Waals surface area (Å²) in [5.74, 6) is 0.259. The summed E-state index contributed by atoms with van der Waals surface area (Å²) in [5, 5.41) is 0. The second-order valence-electron chi connectivity index (χ2n) is 4.93. The van der Waals surface area contributed by atoms with E-state index < -0.39 is 0 Å². The van der Waals surface area contributed by atoms with Gasteiger partial charge in [0.25, 0.3) is 0 Å². The third-order valence-corrected chi connectivity index (χ3v) is 3.81. The molecule has 0 N–H and O–H groups in total. The molecule has 2 aliphatic rings. The molecule has 2 rings (SSSR count). The van der Waals surface area contributed by atoms with Gasteiger partial charge in [0.1, 0.15) is 6.04 Å². The van der Waals surface area contributed by atoms with Gasteiger partial charge in [-0.3, -0.25) is 4.79 Å².